The van der Waals surface area contributed by atoms with Crippen LogP contribution in [-0.2, 0) is 0 Å². The lowest BCUT2D eigenvalue weighted by Crippen LogP contribution is -2.40. The number of nitrogens with two attached hydrogens (primary N) is 1. The van der Waals surface area contributed by atoms with Gasteiger partial charge in [0.05, 0.1) is 5.69 Å². The maximum atomic E-state index is 5.95. The third-order valence-corrected chi connectivity index (χ3v) is 2.85. The van der Waals surface area contributed by atoms with Gasteiger partial charge in [0.15, 0.2) is 5.11 Å². The fourth-order valence-corrected chi connectivity index (χ4v) is 1.75. The molecule has 0 saturated carbocycles. The Morgan fingerprint density at radius 1 is 1.06 bits per heavy atom. The van der Waals surface area contributed by atoms with E-state index < -0.39 is 0 Å². The van der Waals surface area contributed by atoms with Gasteiger partial charge in [-0.3, -0.25) is 5.01 Å². The van der Waals surface area contributed by atoms with Crippen molar-refractivity contribution in [1.82, 2.24) is 0 Å². The molecule has 2 aromatic carbocycles. The zero-order valence-corrected chi connectivity index (χ0v) is 10.9. The standard InChI is InChI=1S/C14H15N3S/c1-11-7-9-12(10-8-11)16-14(18)17(15)13-5-3-2-4-6-13/h2-10H,15H2,1H3,(H,16,18). The summed E-state index contributed by atoms with van der Waals surface area (Å²) in [4.78, 5) is 0. The van der Waals surface area contributed by atoms with E-state index in [1.165, 1.54) is 10.6 Å². The molecular formula is C14H15N3S. The fraction of sp³-hybridized carbons (Fsp3) is 0.0714. The maximum absolute atomic E-state index is 5.95. The Labute approximate surface area is 112 Å². The predicted octanol–water partition coefficient (Wildman–Crippen LogP) is 3.07. The molecule has 2 rings (SSSR count). The van der Waals surface area contributed by atoms with Crippen molar-refractivity contribution in [3.8, 4) is 0 Å². The molecule has 0 saturated heterocycles. The Bertz CT molecular complexity index is 522. The Morgan fingerprint density at radius 2 is 1.67 bits per heavy atom. The summed E-state index contributed by atoms with van der Waals surface area (Å²) in [5, 5.41) is 5.02. The lowest BCUT2D eigenvalue weighted by Gasteiger charge is -2.20. The van der Waals surface area contributed by atoms with Crippen molar-refractivity contribution in [1.29, 1.82) is 0 Å². The first-order chi connectivity index (χ1) is 8.66. The maximum Gasteiger partial charge on any atom is 0.192 e. The third kappa shape index (κ3) is 3.06. The van der Waals surface area contributed by atoms with Gasteiger partial charge in [-0.05, 0) is 43.4 Å². The quantitative estimate of drug-likeness (QED) is 0.493. The molecule has 0 aliphatic carbocycles. The summed E-state index contributed by atoms with van der Waals surface area (Å²) in [5.74, 6) is 5.95. The Kier molecular flexibility index (Phi) is 3.92. The van der Waals surface area contributed by atoms with Crippen LogP contribution in [0.2, 0.25) is 0 Å². The second kappa shape index (κ2) is 5.62. The van der Waals surface area contributed by atoms with Gasteiger partial charge in [-0.25, -0.2) is 5.84 Å². The molecule has 92 valence electrons. The summed E-state index contributed by atoms with van der Waals surface area (Å²) < 4.78 is 0. The van der Waals surface area contributed by atoms with E-state index in [1.807, 2.05) is 61.5 Å². The van der Waals surface area contributed by atoms with Gasteiger partial charge in [-0.1, -0.05) is 35.9 Å². The summed E-state index contributed by atoms with van der Waals surface area (Å²) in [6.45, 7) is 2.04. The number of hydrogen-bond donors (Lipinski definition) is 2. The number of aryl methyl sites for hydroxylation is 1. The van der Waals surface area contributed by atoms with E-state index >= 15 is 0 Å². The Balaban J connectivity index is 2.06. The van der Waals surface area contributed by atoms with E-state index in [2.05, 4.69) is 5.32 Å². The zero-order valence-electron chi connectivity index (χ0n) is 10.1. The fourth-order valence-electron chi connectivity index (χ4n) is 1.53. The first-order valence-electron chi connectivity index (χ1n) is 5.64. The molecule has 0 fully saturated rings. The minimum atomic E-state index is 0.463. The van der Waals surface area contributed by atoms with Crippen LogP contribution in [0, 0.1) is 6.92 Å². The first-order valence-corrected chi connectivity index (χ1v) is 6.05. The molecule has 3 N–H and O–H groups in total. The molecule has 0 spiro atoms. The van der Waals surface area contributed by atoms with E-state index in [4.69, 9.17) is 18.1 Å². The number of anilines is 2. The van der Waals surface area contributed by atoms with Crippen LogP contribution in [0.3, 0.4) is 0 Å². The minimum absolute atomic E-state index is 0.463. The number of nitrogens with one attached hydrogen (secondary N) is 1. The molecule has 0 unspecified atom stereocenters. The van der Waals surface area contributed by atoms with Crippen molar-refractivity contribution in [2.75, 3.05) is 10.3 Å². The van der Waals surface area contributed by atoms with Crippen LogP contribution in [-0.4, -0.2) is 5.11 Å². The highest BCUT2D eigenvalue weighted by Gasteiger charge is 2.06. The van der Waals surface area contributed by atoms with Crippen molar-refractivity contribution in [2.24, 2.45) is 5.84 Å². The van der Waals surface area contributed by atoms with Gasteiger partial charge < -0.3 is 5.32 Å². The number of thiocarbonyl (C=S) groups is 1. The molecular weight excluding hydrogens is 242 g/mol. The molecule has 0 aliphatic heterocycles. The third-order valence-electron chi connectivity index (χ3n) is 2.56. The summed E-state index contributed by atoms with van der Waals surface area (Å²) >= 11 is 5.26. The van der Waals surface area contributed by atoms with Crippen molar-refractivity contribution in [3.05, 3.63) is 60.2 Å². The molecule has 0 bridgehead atoms. The van der Waals surface area contributed by atoms with Gasteiger partial charge in [0.25, 0.3) is 0 Å². The van der Waals surface area contributed by atoms with Crippen molar-refractivity contribution >= 4 is 28.7 Å². The second-order valence-electron chi connectivity index (χ2n) is 4.00. The molecule has 18 heavy (non-hydrogen) atoms. The van der Waals surface area contributed by atoms with Crippen LogP contribution in [0.15, 0.2) is 54.6 Å². The van der Waals surface area contributed by atoms with Crippen molar-refractivity contribution < 1.29 is 0 Å². The van der Waals surface area contributed by atoms with E-state index in [0.717, 1.165) is 11.4 Å². The van der Waals surface area contributed by atoms with Crippen molar-refractivity contribution in [3.63, 3.8) is 0 Å². The van der Waals surface area contributed by atoms with Crippen LogP contribution >= 0.6 is 12.2 Å². The lowest BCUT2D eigenvalue weighted by molar-refractivity contribution is 1.14. The van der Waals surface area contributed by atoms with Crippen LogP contribution in [0.1, 0.15) is 5.56 Å². The monoisotopic (exact) mass is 257 g/mol. The number of nitrogens with zero attached hydrogens (tertiary/aromatic N) is 1. The second-order valence-corrected chi connectivity index (χ2v) is 4.39. The molecule has 3 nitrogen and oxygen atoms in total. The number of benzene rings is 2. The number of hydrogen-bond acceptors (Lipinski definition) is 2. The van der Waals surface area contributed by atoms with E-state index in [0.29, 0.717) is 5.11 Å². The average Bonchev–Trinajstić information content (AvgIpc) is 2.41. The number of hydrazine groups is 1. The van der Waals surface area contributed by atoms with Gasteiger partial charge >= 0.3 is 0 Å². The van der Waals surface area contributed by atoms with Crippen LogP contribution in [0.5, 0.6) is 0 Å². The highest BCUT2D eigenvalue weighted by Crippen LogP contribution is 2.13. The average molecular weight is 257 g/mol. The van der Waals surface area contributed by atoms with E-state index in [1.54, 1.807) is 0 Å². The Morgan fingerprint density at radius 3 is 2.28 bits per heavy atom. The molecule has 2 aromatic rings. The minimum Gasteiger partial charge on any atom is -0.331 e. The summed E-state index contributed by atoms with van der Waals surface area (Å²) in [7, 11) is 0. The smallest absolute Gasteiger partial charge is 0.192 e. The summed E-state index contributed by atoms with van der Waals surface area (Å²) in [6.07, 6.45) is 0. The summed E-state index contributed by atoms with van der Waals surface area (Å²) in [5.41, 5.74) is 2.98. The SMILES string of the molecule is Cc1ccc(NC(=S)N(N)c2ccccc2)cc1. The molecule has 0 atom stereocenters. The van der Waals surface area contributed by atoms with E-state index in [9.17, 15) is 0 Å². The van der Waals surface area contributed by atoms with E-state index in [-0.39, 0.29) is 0 Å². The number of rotatable bonds is 2. The zero-order chi connectivity index (χ0) is 13.0. The topological polar surface area (TPSA) is 41.3 Å². The highest BCUT2D eigenvalue weighted by atomic mass is 32.1. The highest BCUT2D eigenvalue weighted by molar-refractivity contribution is 7.80. The van der Waals surface area contributed by atoms with Crippen LogP contribution < -0.4 is 16.2 Å². The molecule has 4 heteroatoms. The van der Waals surface area contributed by atoms with Crippen LogP contribution in [0.4, 0.5) is 11.4 Å². The van der Waals surface area contributed by atoms with Gasteiger partial charge in [0.1, 0.15) is 0 Å². The molecule has 0 radical (unpaired) electrons. The number of para-hydroxylation sites is 1. The molecule has 0 aliphatic rings. The largest absolute Gasteiger partial charge is 0.331 e. The van der Waals surface area contributed by atoms with Gasteiger partial charge in [-0.2, -0.15) is 0 Å². The lowest BCUT2D eigenvalue weighted by atomic mass is 10.2. The predicted molar refractivity (Wildman–Crippen MR) is 80.5 cm³/mol. The van der Waals surface area contributed by atoms with Gasteiger partial charge in [0, 0.05) is 5.69 Å². The Hall–Kier alpha value is -1.91. The molecule has 0 aromatic heterocycles. The van der Waals surface area contributed by atoms with Crippen molar-refractivity contribution in [2.45, 2.75) is 6.92 Å². The van der Waals surface area contributed by atoms with Gasteiger partial charge in [-0.15, -0.1) is 0 Å². The summed E-state index contributed by atoms with van der Waals surface area (Å²) in [6, 6.07) is 17.6. The first kappa shape index (κ1) is 12.5. The van der Waals surface area contributed by atoms with Gasteiger partial charge in [0.2, 0.25) is 0 Å². The molecule has 0 amide bonds. The van der Waals surface area contributed by atoms with Crippen LogP contribution in [0.25, 0.3) is 0 Å². The normalized spacial score (nSPS) is 9.89. The molecule has 0 heterocycles.